The van der Waals surface area contributed by atoms with Crippen molar-refractivity contribution in [2.75, 3.05) is 18.8 Å². The minimum atomic E-state index is -0.133. The van der Waals surface area contributed by atoms with Gasteiger partial charge in [-0.05, 0) is 24.1 Å². The van der Waals surface area contributed by atoms with Gasteiger partial charge in [-0.25, -0.2) is 0 Å². The Morgan fingerprint density at radius 1 is 1.15 bits per heavy atom. The molecular formula is C25H26N6O2S. The number of para-hydroxylation sites is 1. The molecule has 0 bridgehead atoms. The van der Waals surface area contributed by atoms with Crippen LogP contribution in [0.5, 0.6) is 0 Å². The second kappa shape index (κ2) is 9.82. The zero-order valence-electron chi connectivity index (χ0n) is 18.8. The topological polar surface area (TPSA) is 84.5 Å². The monoisotopic (exact) mass is 474 g/mol. The third-order valence-corrected chi connectivity index (χ3v) is 6.94. The van der Waals surface area contributed by atoms with Crippen molar-refractivity contribution in [3.63, 3.8) is 0 Å². The van der Waals surface area contributed by atoms with Gasteiger partial charge in [0, 0.05) is 32.2 Å². The van der Waals surface area contributed by atoms with Gasteiger partial charge in [-0.2, -0.15) is 0 Å². The van der Waals surface area contributed by atoms with Gasteiger partial charge >= 0.3 is 0 Å². The van der Waals surface area contributed by atoms with Crippen molar-refractivity contribution >= 4 is 34.3 Å². The molecule has 174 valence electrons. The van der Waals surface area contributed by atoms with E-state index in [1.807, 2.05) is 28.7 Å². The standard InChI is InChI=1S/C25H26N6O2S/c1-2-13-30-23(33)20-10-6-7-11-21(20)31-24(30)27-28-25(31)34-17-22(32)26-19-12-14-29(16-19)15-18-8-4-3-5-9-18/h2-11,19H,1,12-17H2,(H,26,32). The smallest absolute Gasteiger partial charge is 0.263 e. The Morgan fingerprint density at radius 3 is 2.76 bits per heavy atom. The van der Waals surface area contributed by atoms with E-state index >= 15 is 0 Å². The molecule has 0 spiro atoms. The lowest BCUT2D eigenvalue weighted by atomic mass is 10.2. The summed E-state index contributed by atoms with van der Waals surface area (Å²) in [6, 6.07) is 17.9. The van der Waals surface area contributed by atoms with E-state index in [-0.39, 0.29) is 23.3 Å². The third kappa shape index (κ3) is 4.49. The van der Waals surface area contributed by atoms with Gasteiger partial charge in [-0.15, -0.1) is 16.8 Å². The fraction of sp³-hybridized carbons (Fsp3) is 0.280. The number of carbonyl (C=O) groups excluding carboxylic acids is 1. The number of likely N-dealkylation sites (tertiary alicyclic amines) is 1. The molecule has 3 heterocycles. The number of hydrogen-bond donors (Lipinski definition) is 1. The number of fused-ring (bicyclic) bond motifs is 3. The van der Waals surface area contributed by atoms with Crippen LogP contribution >= 0.6 is 11.8 Å². The van der Waals surface area contributed by atoms with Gasteiger partial charge in [0.25, 0.3) is 5.56 Å². The zero-order valence-corrected chi connectivity index (χ0v) is 19.6. The second-order valence-electron chi connectivity index (χ2n) is 8.40. The van der Waals surface area contributed by atoms with Gasteiger partial charge in [0.2, 0.25) is 11.7 Å². The second-order valence-corrected chi connectivity index (χ2v) is 9.34. The van der Waals surface area contributed by atoms with Crippen LogP contribution in [0, 0.1) is 0 Å². The Balaban J connectivity index is 1.27. The van der Waals surface area contributed by atoms with Gasteiger partial charge in [0.1, 0.15) is 0 Å². The van der Waals surface area contributed by atoms with Crippen molar-refractivity contribution in [3.05, 3.63) is 83.2 Å². The van der Waals surface area contributed by atoms with E-state index in [0.29, 0.717) is 22.9 Å². The van der Waals surface area contributed by atoms with Crippen molar-refractivity contribution < 1.29 is 4.79 Å². The molecule has 1 saturated heterocycles. The first kappa shape index (κ1) is 22.4. The van der Waals surface area contributed by atoms with Crippen LogP contribution in [-0.2, 0) is 17.9 Å². The Hall–Kier alpha value is -3.43. The summed E-state index contributed by atoms with van der Waals surface area (Å²) >= 11 is 1.32. The Kier molecular flexibility index (Phi) is 6.46. The molecule has 1 unspecified atom stereocenters. The number of carbonyl (C=O) groups is 1. The molecule has 4 aromatic rings. The molecule has 5 rings (SSSR count). The van der Waals surface area contributed by atoms with E-state index in [4.69, 9.17) is 0 Å². The quantitative estimate of drug-likeness (QED) is 0.312. The van der Waals surface area contributed by atoms with E-state index in [0.717, 1.165) is 31.6 Å². The van der Waals surface area contributed by atoms with Gasteiger partial charge in [0.05, 0.1) is 16.7 Å². The molecule has 1 atom stereocenters. The number of nitrogens with zero attached hydrogens (tertiary/aromatic N) is 5. The number of amides is 1. The summed E-state index contributed by atoms with van der Waals surface area (Å²) in [5.41, 5.74) is 1.87. The fourth-order valence-corrected chi connectivity index (χ4v) is 5.21. The van der Waals surface area contributed by atoms with Crippen LogP contribution in [0.15, 0.2) is 77.2 Å². The first-order valence-electron chi connectivity index (χ1n) is 11.3. The normalized spacial score (nSPS) is 16.3. The van der Waals surface area contributed by atoms with Crippen LogP contribution in [0.4, 0.5) is 0 Å². The lowest BCUT2D eigenvalue weighted by Gasteiger charge is -2.16. The number of hydrogen-bond acceptors (Lipinski definition) is 6. The number of benzene rings is 2. The molecule has 9 heteroatoms. The van der Waals surface area contributed by atoms with Crippen LogP contribution in [0.1, 0.15) is 12.0 Å². The van der Waals surface area contributed by atoms with Gasteiger partial charge in [0.15, 0.2) is 5.16 Å². The van der Waals surface area contributed by atoms with Gasteiger partial charge < -0.3 is 5.32 Å². The first-order valence-corrected chi connectivity index (χ1v) is 12.3. The number of thioether (sulfide) groups is 1. The summed E-state index contributed by atoms with van der Waals surface area (Å²) < 4.78 is 3.39. The largest absolute Gasteiger partial charge is 0.351 e. The average Bonchev–Trinajstić information content (AvgIpc) is 3.48. The number of aromatic nitrogens is 4. The predicted molar refractivity (Wildman–Crippen MR) is 134 cm³/mol. The molecule has 1 amide bonds. The van der Waals surface area contributed by atoms with Crippen LogP contribution in [-0.4, -0.2) is 54.9 Å². The van der Waals surface area contributed by atoms with Crippen LogP contribution in [0.25, 0.3) is 16.7 Å². The van der Waals surface area contributed by atoms with Crippen LogP contribution < -0.4 is 10.9 Å². The van der Waals surface area contributed by atoms with E-state index in [9.17, 15) is 9.59 Å². The molecule has 2 aromatic heterocycles. The molecule has 1 fully saturated rings. The molecule has 0 aliphatic carbocycles. The fourth-order valence-electron chi connectivity index (χ4n) is 4.46. The van der Waals surface area contributed by atoms with E-state index in [2.05, 4.69) is 51.3 Å². The molecule has 2 aromatic carbocycles. The third-order valence-electron chi connectivity index (χ3n) is 6.01. The molecule has 1 aliphatic heterocycles. The highest BCUT2D eigenvalue weighted by molar-refractivity contribution is 7.99. The lowest BCUT2D eigenvalue weighted by molar-refractivity contribution is -0.119. The first-order chi connectivity index (χ1) is 16.6. The van der Waals surface area contributed by atoms with E-state index in [1.54, 1.807) is 16.7 Å². The molecule has 1 N–H and O–H groups in total. The van der Waals surface area contributed by atoms with Gasteiger partial charge in [-0.1, -0.05) is 60.3 Å². The summed E-state index contributed by atoms with van der Waals surface area (Å²) in [5, 5.41) is 12.8. The average molecular weight is 475 g/mol. The SMILES string of the molecule is C=CCn1c(=O)c2ccccc2n2c(SCC(=O)NC3CCN(Cc4ccccc4)C3)nnc12. The van der Waals surface area contributed by atoms with Crippen molar-refractivity contribution in [1.82, 2.24) is 29.4 Å². The summed E-state index contributed by atoms with van der Waals surface area (Å²) in [6.07, 6.45) is 2.60. The predicted octanol–water partition coefficient (Wildman–Crippen LogP) is 2.71. The number of nitrogens with one attached hydrogen (secondary N) is 1. The van der Waals surface area contributed by atoms with Crippen LogP contribution in [0.2, 0.25) is 0 Å². The van der Waals surface area contributed by atoms with Gasteiger partial charge in [-0.3, -0.25) is 23.5 Å². The number of rotatable bonds is 8. The molecule has 0 saturated carbocycles. The molecule has 8 nitrogen and oxygen atoms in total. The minimum absolute atomic E-state index is 0.0305. The number of allylic oxidation sites excluding steroid dienone is 1. The Labute approximate surface area is 201 Å². The zero-order chi connectivity index (χ0) is 23.5. The van der Waals surface area contributed by atoms with E-state index < -0.39 is 0 Å². The maximum absolute atomic E-state index is 12.9. The maximum Gasteiger partial charge on any atom is 0.263 e. The molecule has 0 radical (unpaired) electrons. The van der Waals surface area contributed by atoms with Crippen molar-refractivity contribution in [2.45, 2.75) is 30.7 Å². The Bertz CT molecular complexity index is 1400. The van der Waals surface area contributed by atoms with Crippen molar-refractivity contribution in [3.8, 4) is 0 Å². The van der Waals surface area contributed by atoms with Crippen molar-refractivity contribution in [2.24, 2.45) is 0 Å². The maximum atomic E-state index is 12.9. The van der Waals surface area contributed by atoms with Crippen molar-refractivity contribution in [1.29, 1.82) is 0 Å². The highest BCUT2D eigenvalue weighted by atomic mass is 32.2. The highest BCUT2D eigenvalue weighted by Crippen LogP contribution is 2.22. The lowest BCUT2D eigenvalue weighted by Crippen LogP contribution is -2.38. The molecule has 34 heavy (non-hydrogen) atoms. The highest BCUT2D eigenvalue weighted by Gasteiger charge is 2.24. The summed E-state index contributed by atoms with van der Waals surface area (Å²) in [6.45, 7) is 6.79. The Morgan fingerprint density at radius 2 is 1.94 bits per heavy atom. The molecule has 1 aliphatic rings. The summed E-state index contributed by atoms with van der Waals surface area (Å²) in [5.74, 6) is 0.640. The van der Waals surface area contributed by atoms with E-state index in [1.165, 1.54) is 17.3 Å². The summed E-state index contributed by atoms with van der Waals surface area (Å²) in [4.78, 5) is 28.0. The van der Waals surface area contributed by atoms with Crippen LogP contribution in [0.3, 0.4) is 0 Å². The molecular weight excluding hydrogens is 448 g/mol. The minimum Gasteiger partial charge on any atom is -0.351 e. The summed E-state index contributed by atoms with van der Waals surface area (Å²) in [7, 11) is 0.